The van der Waals surface area contributed by atoms with Gasteiger partial charge in [-0.3, -0.25) is 9.00 Å². The number of nitrogens with zero attached hydrogens (tertiary/aromatic N) is 1. The monoisotopic (exact) mass is 331 g/mol. The van der Waals surface area contributed by atoms with Crippen LogP contribution in [0.4, 0.5) is 0 Å². The molecule has 0 aliphatic rings. The van der Waals surface area contributed by atoms with Crippen LogP contribution in [0.25, 0.3) is 0 Å². The second kappa shape index (κ2) is 9.10. The van der Waals surface area contributed by atoms with Gasteiger partial charge < -0.3 is 9.64 Å². The quantitative estimate of drug-likeness (QED) is 0.664. The SMILES string of the molecule is COc1ccccc1CN(C=O)CCCS(=O)c1ccccc1. The Bertz CT molecular complexity index is 646. The van der Waals surface area contributed by atoms with Gasteiger partial charge >= 0.3 is 0 Å². The number of amides is 1. The number of rotatable bonds is 9. The maximum atomic E-state index is 12.2. The van der Waals surface area contributed by atoms with Gasteiger partial charge in [-0.15, -0.1) is 0 Å². The molecule has 0 bridgehead atoms. The molecule has 2 aromatic carbocycles. The number of para-hydroxylation sites is 1. The van der Waals surface area contributed by atoms with Gasteiger partial charge in [-0.1, -0.05) is 36.4 Å². The Morgan fingerprint density at radius 3 is 2.48 bits per heavy atom. The lowest BCUT2D eigenvalue weighted by Crippen LogP contribution is -2.24. The average Bonchev–Trinajstić information content (AvgIpc) is 2.61. The highest BCUT2D eigenvalue weighted by atomic mass is 32.2. The van der Waals surface area contributed by atoms with Crippen molar-refractivity contribution in [2.24, 2.45) is 0 Å². The molecule has 1 unspecified atom stereocenters. The summed E-state index contributed by atoms with van der Waals surface area (Å²) in [6.07, 6.45) is 1.52. The molecular weight excluding hydrogens is 310 g/mol. The van der Waals surface area contributed by atoms with Gasteiger partial charge in [0.1, 0.15) is 5.75 Å². The third-order valence-electron chi connectivity index (χ3n) is 3.50. The van der Waals surface area contributed by atoms with E-state index in [9.17, 15) is 9.00 Å². The lowest BCUT2D eigenvalue weighted by molar-refractivity contribution is -0.118. The highest BCUT2D eigenvalue weighted by Crippen LogP contribution is 2.19. The minimum Gasteiger partial charge on any atom is -0.496 e. The molecule has 0 aromatic heterocycles. The van der Waals surface area contributed by atoms with Gasteiger partial charge in [0.15, 0.2) is 0 Å². The second-order valence-corrected chi connectivity index (χ2v) is 6.67. The summed E-state index contributed by atoms with van der Waals surface area (Å²) in [4.78, 5) is 13.8. The van der Waals surface area contributed by atoms with E-state index in [4.69, 9.17) is 4.74 Å². The van der Waals surface area contributed by atoms with Crippen molar-refractivity contribution < 1.29 is 13.7 Å². The van der Waals surface area contributed by atoms with Crippen LogP contribution in [0.15, 0.2) is 59.5 Å². The van der Waals surface area contributed by atoms with Crippen LogP contribution in [0, 0.1) is 0 Å². The Morgan fingerprint density at radius 2 is 1.78 bits per heavy atom. The first-order chi connectivity index (χ1) is 11.2. The van der Waals surface area contributed by atoms with Crippen LogP contribution in [-0.4, -0.2) is 34.9 Å². The summed E-state index contributed by atoms with van der Waals surface area (Å²) >= 11 is 0. The maximum Gasteiger partial charge on any atom is 0.210 e. The molecule has 23 heavy (non-hydrogen) atoms. The average molecular weight is 331 g/mol. The Balaban J connectivity index is 1.86. The lowest BCUT2D eigenvalue weighted by Gasteiger charge is -2.18. The number of hydrogen-bond acceptors (Lipinski definition) is 3. The summed E-state index contributed by atoms with van der Waals surface area (Å²) in [5, 5.41) is 0. The number of hydrogen-bond donors (Lipinski definition) is 0. The van der Waals surface area contributed by atoms with E-state index in [1.807, 2.05) is 54.6 Å². The lowest BCUT2D eigenvalue weighted by atomic mass is 10.2. The molecule has 0 saturated heterocycles. The summed E-state index contributed by atoms with van der Waals surface area (Å²) in [6, 6.07) is 17.0. The van der Waals surface area contributed by atoms with Crippen molar-refractivity contribution in [3.05, 3.63) is 60.2 Å². The molecule has 5 heteroatoms. The van der Waals surface area contributed by atoms with Crippen molar-refractivity contribution in [2.45, 2.75) is 17.9 Å². The molecule has 0 aliphatic carbocycles. The number of methoxy groups -OCH3 is 1. The van der Waals surface area contributed by atoms with Crippen molar-refractivity contribution in [1.29, 1.82) is 0 Å². The van der Waals surface area contributed by atoms with E-state index in [2.05, 4.69) is 0 Å². The summed E-state index contributed by atoms with van der Waals surface area (Å²) < 4.78 is 17.5. The summed E-state index contributed by atoms with van der Waals surface area (Å²) in [7, 11) is 0.597. The molecule has 0 aliphatic heterocycles. The number of benzene rings is 2. The largest absolute Gasteiger partial charge is 0.496 e. The van der Waals surface area contributed by atoms with Crippen molar-refractivity contribution >= 4 is 17.2 Å². The van der Waals surface area contributed by atoms with Gasteiger partial charge in [0, 0.05) is 29.3 Å². The molecule has 0 heterocycles. The normalized spacial score (nSPS) is 11.7. The molecule has 0 N–H and O–H groups in total. The molecule has 2 rings (SSSR count). The third kappa shape index (κ3) is 5.21. The Morgan fingerprint density at radius 1 is 1.09 bits per heavy atom. The minimum atomic E-state index is -1.02. The van der Waals surface area contributed by atoms with Crippen LogP contribution in [0.2, 0.25) is 0 Å². The fourth-order valence-electron chi connectivity index (χ4n) is 2.31. The third-order valence-corrected chi connectivity index (χ3v) is 4.95. The molecule has 0 radical (unpaired) electrons. The maximum absolute atomic E-state index is 12.2. The highest BCUT2D eigenvalue weighted by Gasteiger charge is 2.09. The van der Waals surface area contributed by atoms with E-state index in [0.29, 0.717) is 25.3 Å². The van der Waals surface area contributed by atoms with Crippen molar-refractivity contribution in [2.75, 3.05) is 19.4 Å². The van der Waals surface area contributed by atoms with Crippen molar-refractivity contribution in [3.63, 3.8) is 0 Å². The number of ether oxygens (including phenoxy) is 1. The first-order valence-electron chi connectivity index (χ1n) is 7.49. The van der Waals surface area contributed by atoms with Gasteiger partial charge in [0.2, 0.25) is 6.41 Å². The highest BCUT2D eigenvalue weighted by molar-refractivity contribution is 7.85. The minimum absolute atomic E-state index is 0.492. The smallest absolute Gasteiger partial charge is 0.210 e. The predicted octanol–water partition coefficient (Wildman–Crippen LogP) is 2.85. The zero-order valence-corrected chi connectivity index (χ0v) is 14.0. The van der Waals surface area contributed by atoms with Crippen molar-refractivity contribution in [3.8, 4) is 5.75 Å². The number of carbonyl (C=O) groups excluding carboxylic acids is 1. The van der Waals surface area contributed by atoms with Crippen molar-refractivity contribution in [1.82, 2.24) is 4.90 Å². The fourth-order valence-corrected chi connectivity index (χ4v) is 3.40. The molecular formula is C18H21NO3S. The van der Waals surface area contributed by atoms with Crippen LogP contribution < -0.4 is 4.74 Å². The Labute approximate surface area is 139 Å². The molecule has 0 spiro atoms. The van der Waals surface area contributed by atoms with E-state index >= 15 is 0 Å². The number of carbonyl (C=O) groups is 1. The summed E-state index contributed by atoms with van der Waals surface area (Å²) in [5.41, 5.74) is 0.964. The van der Waals surface area contributed by atoms with Gasteiger partial charge in [0.05, 0.1) is 17.9 Å². The molecule has 4 nitrogen and oxygen atoms in total. The first-order valence-corrected chi connectivity index (χ1v) is 8.81. The van der Waals surface area contributed by atoms with Crippen LogP contribution in [-0.2, 0) is 22.1 Å². The van der Waals surface area contributed by atoms with Gasteiger partial charge in [0.25, 0.3) is 0 Å². The standard InChI is InChI=1S/C18H21NO3S/c1-22-18-11-6-5-8-16(18)14-19(15-20)12-7-13-23(21)17-9-3-2-4-10-17/h2-6,8-11,15H,7,12-14H2,1H3. The van der Waals surface area contributed by atoms with E-state index in [0.717, 1.165) is 22.6 Å². The van der Waals surface area contributed by atoms with Crippen LogP contribution in [0.3, 0.4) is 0 Å². The van der Waals surface area contributed by atoms with Gasteiger partial charge in [-0.25, -0.2) is 0 Å². The Kier molecular flexibility index (Phi) is 6.81. The molecule has 1 atom stereocenters. The van der Waals surface area contributed by atoms with Gasteiger partial charge in [-0.2, -0.15) is 0 Å². The Hall–Kier alpha value is -2.14. The van der Waals surface area contributed by atoms with E-state index in [1.54, 1.807) is 12.0 Å². The van der Waals surface area contributed by atoms with Crippen LogP contribution in [0.1, 0.15) is 12.0 Å². The predicted molar refractivity (Wildman–Crippen MR) is 91.8 cm³/mol. The van der Waals surface area contributed by atoms with Gasteiger partial charge in [-0.05, 0) is 24.6 Å². The molecule has 122 valence electrons. The second-order valence-electron chi connectivity index (χ2n) is 5.10. The van der Waals surface area contributed by atoms with E-state index < -0.39 is 10.8 Å². The van der Waals surface area contributed by atoms with Crippen LogP contribution in [0.5, 0.6) is 5.75 Å². The summed E-state index contributed by atoms with van der Waals surface area (Å²) in [6.45, 7) is 1.06. The zero-order valence-electron chi connectivity index (χ0n) is 13.2. The van der Waals surface area contributed by atoms with Crippen LogP contribution >= 0.6 is 0 Å². The molecule has 0 saturated carbocycles. The zero-order chi connectivity index (χ0) is 16.5. The molecule has 0 fully saturated rings. The fraction of sp³-hybridized carbons (Fsp3) is 0.278. The molecule has 2 aromatic rings. The first kappa shape index (κ1) is 17.2. The van der Waals surface area contributed by atoms with E-state index in [1.165, 1.54) is 0 Å². The summed E-state index contributed by atoms with van der Waals surface area (Å²) in [5.74, 6) is 1.31. The topological polar surface area (TPSA) is 46.6 Å². The molecule has 1 amide bonds. The van der Waals surface area contributed by atoms with E-state index in [-0.39, 0.29) is 0 Å².